The lowest BCUT2D eigenvalue weighted by Gasteiger charge is -2.29. The third kappa shape index (κ3) is 5.36. The molecule has 0 aromatic heterocycles. The summed E-state index contributed by atoms with van der Waals surface area (Å²) in [6.07, 6.45) is 2.53. The van der Waals surface area contributed by atoms with Gasteiger partial charge in [-0.15, -0.1) is 0 Å². The van der Waals surface area contributed by atoms with E-state index in [1.54, 1.807) is 0 Å². The SMILES string of the molecule is COC(=O)C(CN(CC(C)C)C1CC1)NC(C)C. The van der Waals surface area contributed by atoms with Crippen molar-refractivity contribution in [3.63, 3.8) is 0 Å². The van der Waals surface area contributed by atoms with Gasteiger partial charge in [-0.2, -0.15) is 0 Å². The van der Waals surface area contributed by atoms with Gasteiger partial charge in [0, 0.05) is 25.2 Å². The molecule has 0 aliphatic heterocycles. The summed E-state index contributed by atoms with van der Waals surface area (Å²) in [5.41, 5.74) is 0. The molecule has 106 valence electrons. The van der Waals surface area contributed by atoms with Gasteiger partial charge in [0.05, 0.1) is 7.11 Å². The van der Waals surface area contributed by atoms with Gasteiger partial charge in [-0.05, 0) is 18.8 Å². The second-order valence-corrected chi connectivity index (χ2v) is 5.98. The molecule has 0 bridgehead atoms. The Balaban J connectivity index is 2.57. The summed E-state index contributed by atoms with van der Waals surface area (Å²) >= 11 is 0. The maximum absolute atomic E-state index is 11.8. The summed E-state index contributed by atoms with van der Waals surface area (Å²) in [4.78, 5) is 14.2. The number of carbonyl (C=O) groups is 1. The van der Waals surface area contributed by atoms with E-state index in [-0.39, 0.29) is 18.1 Å². The van der Waals surface area contributed by atoms with Crippen molar-refractivity contribution in [2.24, 2.45) is 5.92 Å². The van der Waals surface area contributed by atoms with Crippen LogP contribution in [0.1, 0.15) is 40.5 Å². The van der Waals surface area contributed by atoms with Crippen LogP contribution in [0.3, 0.4) is 0 Å². The van der Waals surface area contributed by atoms with E-state index in [1.165, 1.54) is 20.0 Å². The summed E-state index contributed by atoms with van der Waals surface area (Å²) < 4.78 is 4.89. The molecule has 4 heteroatoms. The molecule has 0 amide bonds. The molecule has 18 heavy (non-hydrogen) atoms. The number of rotatable bonds is 8. The van der Waals surface area contributed by atoms with Gasteiger partial charge in [-0.3, -0.25) is 9.69 Å². The molecule has 1 saturated carbocycles. The molecule has 1 aliphatic carbocycles. The first-order valence-electron chi connectivity index (χ1n) is 7.02. The van der Waals surface area contributed by atoms with E-state index in [1.807, 2.05) is 0 Å². The van der Waals surface area contributed by atoms with Crippen LogP contribution in [0.4, 0.5) is 0 Å². The van der Waals surface area contributed by atoms with Crippen LogP contribution < -0.4 is 5.32 Å². The number of methoxy groups -OCH3 is 1. The zero-order valence-electron chi connectivity index (χ0n) is 12.4. The fourth-order valence-electron chi connectivity index (χ4n) is 2.26. The molecule has 1 rings (SSSR count). The van der Waals surface area contributed by atoms with Crippen molar-refractivity contribution >= 4 is 5.97 Å². The third-order valence-electron chi connectivity index (χ3n) is 3.10. The number of nitrogens with one attached hydrogen (secondary N) is 1. The largest absolute Gasteiger partial charge is 0.468 e. The smallest absolute Gasteiger partial charge is 0.324 e. The summed E-state index contributed by atoms with van der Waals surface area (Å²) in [5.74, 6) is 0.473. The van der Waals surface area contributed by atoms with Crippen LogP contribution >= 0.6 is 0 Å². The number of carbonyl (C=O) groups excluding carboxylic acids is 1. The molecule has 0 radical (unpaired) electrons. The Morgan fingerprint density at radius 1 is 1.28 bits per heavy atom. The van der Waals surface area contributed by atoms with E-state index in [4.69, 9.17) is 4.74 Å². The molecule has 1 fully saturated rings. The minimum atomic E-state index is -0.214. The molecule has 1 N–H and O–H groups in total. The van der Waals surface area contributed by atoms with Crippen molar-refractivity contribution in [1.82, 2.24) is 10.2 Å². The first-order valence-corrected chi connectivity index (χ1v) is 7.02. The van der Waals surface area contributed by atoms with Crippen LogP contribution in [0.15, 0.2) is 0 Å². The highest BCUT2D eigenvalue weighted by molar-refractivity contribution is 5.76. The molecular weight excluding hydrogens is 228 g/mol. The van der Waals surface area contributed by atoms with Gasteiger partial charge >= 0.3 is 5.97 Å². The van der Waals surface area contributed by atoms with Crippen molar-refractivity contribution in [1.29, 1.82) is 0 Å². The molecule has 0 spiro atoms. The van der Waals surface area contributed by atoms with E-state index < -0.39 is 0 Å². The lowest BCUT2D eigenvalue weighted by atomic mass is 10.1. The monoisotopic (exact) mass is 256 g/mol. The van der Waals surface area contributed by atoms with Crippen molar-refractivity contribution in [2.45, 2.75) is 58.7 Å². The third-order valence-corrected chi connectivity index (χ3v) is 3.10. The second-order valence-electron chi connectivity index (χ2n) is 5.98. The van der Waals surface area contributed by atoms with Gasteiger partial charge in [0.15, 0.2) is 0 Å². The molecule has 0 saturated heterocycles. The first kappa shape index (κ1) is 15.4. The Hall–Kier alpha value is -0.610. The Morgan fingerprint density at radius 3 is 2.28 bits per heavy atom. The van der Waals surface area contributed by atoms with Crippen LogP contribution in [-0.4, -0.2) is 49.2 Å². The predicted octanol–water partition coefficient (Wildman–Crippen LogP) is 1.65. The van der Waals surface area contributed by atoms with Crippen LogP contribution in [0.2, 0.25) is 0 Å². The van der Waals surface area contributed by atoms with Gasteiger partial charge in [-0.25, -0.2) is 0 Å². The van der Waals surface area contributed by atoms with Crippen LogP contribution in [0.5, 0.6) is 0 Å². The van der Waals surface area contributed by atoms with Gasteiger partial charge < -0.3 is 10.1 Å². The molecule has 0 heterocycles. The van der Waals surface area contributed by atoms with Crippen LogP contribution in [0, 0.1) is 5.92 Å². The lowest BCUT2D eigenvalue weighted by Crippen LogP contribution is -2.50. The Labute approximate surface area is 111 Å². The quantitative estimate of drug-likeness (QED) is 0.671. The summed E-state index contributed by atoms with van der Waals surface area (Å²) in [7, 11) is 1.46. The number of nitrogens with zero attached hydrogens (tertiary/aromatic N) is 1. The van der Waals surface area contributed by atoms with Crippen LogP contribution in [-0.2, 0) is 9.53 Å². The fourth-order valence-corrected chi connectivity index (χ4v) is 2.26. The first-order chi connectivity index (χ1) is 8.43. The van der Waals surface area contributed by atoms with Gasteiger partial charge in [0.2, 0.25) is 0 Å². The molecule has 0 aromatic rings. The Kier molecular flexibility index (Phi) is 6.09. The average Bonchev–Trinajstić information content (AvgIpc) is 3.08. The highest BCUT2D eigenvalue weighted by Gasteiger charge is 2.33. The van der Waals surface area contributed by atoms with Crippen molar-refractivity contribution in [2.75, 3.05) is 20.2 Å². The zero-order chi connectivity index (χ0) is 13.7. The molecule has 4 nitrogen and oxygen atoms in total. The Bertz CT molecular complexity index is 263. The minimum absolute atomic E-state index is 0.155. The lowest BCUT2D eigenvalue weighted by molar-refractivity contribution is -0.144. The second kappa shape index (κ2) is 7.10. The number of esters is 1. The van der Waals surface area contributed by atoms with E-state index in [2.05, 4.69) is 37.9 Å². The summed E-state index contributed by atoms with van der Waals surface area (Å²) in [6.45, 7) is 10.4. The molecular formula is C14H28N2O2. The van der Waals surface area contributed by atoms with E-state index in [0.29, 0.717) is 12.0 Å². The fraction of sp³-hybridized carbons (Fsp3) is 0.929. The number of hydrogen-bond acceptors (Lipinski definition) is 4. The zero-order valence-corrected chi connectivity index (χ0v) is 12.4. The molecule has 1 aliphatic rings. The van der Waals surface area contributed by atoms with E-state index in [9.17, 15) is 4.79 Å². The standard InChI is InChI=1S/C14H28N2O2/c1-10(2)8-16(12-6-7-12)9-13(14(17)18-5)15-11(3)4/h10-13,15H,6-9H2,1-5H3. The average molecular weight is 256 g/mol. The van der Waals surface area contributed by atoms with Crippen LogP contribution in [0.25, 0.3) is 0 Å². The minimum Gasteiger partial charge on any atom is -0.468 e. The normalized spacial score (nSPS) is 17.6. The van der Waals surface area contributed by atoms with Crippen molar-refractivity contribution in [3.8, 4) is 0 Å². The number of hydrogen-bond donors (Lipinski definition) is 1. The van der Waals surface area contributed by atoms with Gasteiger partial charge in [0.1, 0.15) is 6.04 Å². The van der Waals surface area contributed by atoms with Gasteiger partial charge in [-0.1, -0.05) is 27.7 Å². The van der Waals surface area contributed by atoms with E-state index >= 15 is 0 Å². The van der Waals surface area contributed by atoms with Gasteiger partial charge in [0.25, 0.3) is 0 Å². The molecule has 1 atom stereocenters. The molecule has 0 aromatic carbocycles. The predicted molar refractivity (Wildman–Crippen MR) is 73.5 cm³/mol. The summed E-state index contributed by atoms with van der Waals surface area (Å²) in [6, 6.07) is 0.747. The Morgan fingerprint density at radius 2 is 1.89 bits per heavy atom. The topological polar surface area (TPSA) is 41.6 Å². The number of ether oxygens (including phenoxy) is 1. The van der Waals surface area contributed by atoms with E-state index in [0.717, 1.165) is 13.1 Å². The molecule has 1 unspecified atom stereocenters. The maximum Gasteiger partial charge on any atom is 0.324 e. The highest BCUT2D eigenvalue weighted by Crippen LogP contribution is 2.27. The van der Waals surface area contributed by atoms with Crippen molar-refractivity contribution < 1.29 is 9.53 Å². The summed E-state index contributed by atoms with van der Waals surface area (Å²) in [5, 5.41) is 3.30. The maximum atomic E-state index is 11.8. The van der Waals surface area contributed by atoms with Crippen molar-refractivity contribution in [3.05, 3.63) is 0 Å². The highest BCUT2D eigenvalue weighted by atomic mass is 16.5.